The minimum Gasteiger partial charge on any atom is -0.494 e. The molecule has 166 valence electrons. The largest absolute Gasteiger partial charge is 0.494 e. The van der Waals surface area contributed by atoms with Gasteiger partial charge < -0.3 is 19.3 Å². The van der Waals surface area contributed by atoms with E-state index in [1.807, 2.05) is 52.0 Å². The number of hydrogen-bond acceptors (Lipinski definition) is 5. The fourth-order valence-electron chi connectivity index (χ4n) is 3.37. The van der Waals surface area contributed by atoms with Crippen LogP contribution >= 0.6 is 0 Å². The number of nitrogens with zero attached hydrogens (tertiary/aromatic N) is 2. The molecule has 0 atom stereocenters. The van der Waals surface area contributed by atoms with Crippen LogP contribution in [0, 0.1) is 11.3 Å². The van der Waals surface area contributed by atoms with Crippen LogP contribution in [0.1, 0.15) is 46.1 Å². The van der Waals surface area contributed by atoms with Crippen molar-refractivity contribution in [2.24, 2.45) is 11.3 Å². The number of hydrogen-bond donors (Lipinski definition) is 0. The molecule has 0 N–H and O–H groups in total. The van der Waals surface area contributed by atoms with Crippen molar-refractivity contribution in [1.82, 2.24) is 9.80 Å². The summed E-state index contributed by atoms with van der Waals surface area (Å²) in [6.07, 6.45) is 1.13. The van der Waals surface area contributed by atoms with Crippen LogP contribution in [0.25, 0.3) is 0 Å². The molecule has 0 spiro atoms. The number of likely N-dealkylation sites (tertiary alicyclic amines) is 1. The third kappa shape index (κ3) is 6.75. The van der Waals surface area contributed by atoms with E-state index in [2.05, 4.69) is 0 Å². The Morgan fingerprint density at radius 1 is 1.10 bits per heavy atom. The van der Waals surface area contributed by atoms with Gasteiger partial charge in [-0.1, -0.05) is 32.9 Å². The molecule has 0 saturated carbocycles. The monoisotopic (exact) mass is 418 g/mol. The van der Waals surface area contributed by atoms with Gasteiger partial charge in [-0.25, -0.2) is 0 Å². The lowest BCUT2D eigenvalue weighted by Crippen LogP contribution is -2.45. The van der Waals surface area contributed by atoms with E-state index in [0.717, 1.165) is 11.3 Å². The third-order valence-corrected chi connectivity index (χ3v) is 5.17. The summed E-state index contributed by atoms with van der Waals surface area (Å²) in [5.74, 6) is 0.0105. The van der Waals surface area contributed by atoms with E-state index < -0.39 is 5.41 Å². The molecule has 7 heteroatoms. The van der Waals surface area contributed by atoms with Crippen LogP contribution in [-0.4, -0.2) is 60.9 Å². The van der Waals surface area contributed by atoms with Crippen LogP contribution in [0.15, 0.2) is 24.3 Å². The number of likely N-dealkylation sites (N-methyl/N-ethyl adjacent to an activating group) is 1. The molecule has 1 aliphatic heterocycles. The highest BCUT2D eigenvalue weighted by Crippen LogP contribution is 2.24. The molecule has 0 radical (unpaired) electrons. The van der Waals surface area contributed by atoms with Crippen molar-refractivity contribution in [2.45, 2.75) is 47.1 Å². The maximum atomic E-state index is 12.3. The summed E-state index contributed by atoms with van der Waals surface area (Å²) in [5.41, 5.74) is 0.546. The SMILES string of the molecule is CCOc1ccc(CN(C)C(=O)COC(=O)C2CCN(C(=O)C(C)(C)C)CC2)cc1. The Labute approximate surface area is 179 Å². The van der Waals surface area contributed by atoms with Gasteiger partial charge in [-0.2, -0.15) is 0 Å². The van der Waals surface area contributed by atoms with Crippen LogP contribution in [0.2, 0.25) is 0 Å². The number of esters is 1. The van der Waals surface area contributed by atoms with Gasteiger partial charge in [0.05, 0.1) is 12.5 Å². The molecule has 2 amide bonds. The summed E-state index contributed by atoms with van der Waals surface area (Å²) in [7, 11) is 1.68. The highest BCUT2D eigenvalue weighted by molar-refractivity contribution is 5.83. The lowest BCUT2D eigenvalue weighted by atomic mass is 9.91. The molecule has 0 bridgehead atoms. The molecule has 1 aromatic rings. The minimum atomic E-state index is -0.423. The highest BCUT2D eigenvalue weighted by atomic mass is 16.5. The average molecular weight is 419 g/mol. The molecule has 0 aromatic heterocycles. The lowest BCUT2D eigenvalue weighted by Gasteiger charge is -2.35. The first-order valence-electron chi connectivity index (χ1n) is 10.5. The maximum absolute atomic E-state index is 12.3. The first kappa shape index (κ1) is 23.7. The number of rotatable bonds is 7. The van der Waals surface area contributed by atoms with Crippen molar-refractivity contribution in [3.63, 3.8) is 0 Å². The molecule has 1 aliphatic rings. The Kier molecular flexibility index (Phi) is 8.26. The van der Waals surface area contributed by atoms with E-state index in [0.29, 0.717) is 39.1 Å². The Morgan fingerprint density at radius 3 is 2.23 bits per heavy atom. The predicted molar refractivity (Wildman–Crippen MR) is 114 cm³/mol. The molecule has 2 rings (SSSR count). The molecular weight excluding hydrogens is 384 g/mol. The average Bonchev–Trinajstić information content (AvgIpc) is 2.72. The van der Waals surface area contributed by atoms with Gasteiger partial charge in [-0.3, -0.25) is 14.4 Å². The van der Waals surface area contributed by atoms with Crippen molar-refractivity contribution >= 4 is 17.8 Å². The standard InChI is InChI=1S/C23H34N2O5/c1-6-29-19-9-7-17(8-10-19)15-24(5)20(26)16-30-21(27)18-11-13-25(14-12-18)22(28)23(2,3)4/h7-10,18H,6,11-16H2,1-5H3. The first-order valence-corrected chi connectivity index (χ1v) is 10.5. The smallest absolute Gasteiger partial charge is 0.309 e. The zero-order valence-corrected chi connectivity index (χ0v) is 18.8. The highest BCUT2D eigenvalue weighted by Gasteiger charge is 2.33. The van der Waals surface area contributed by atoms with E-state index in [9.17, 15) is 14.4 Å². The summed E-state index contributed by atoms with van der Waals surface area (Å²) in [5, 5.41) is 0. The quantitative estimate of drug-likeness (QED) is 0.637. The fourth-order valence-corrected chi connectivity index (χ4v) is 3.37. The van der Waals surface area contributed by atoms with Crippen LogP contribution in [-0.2, 0) is 25.7 Å². The van der Waals surface area contributed by atoms with E-state index >= 15 is 0 Å². The van der Waals surface area contributed by atoms with E-state index in [4.69, 9.17) is 9.47 Å². The van der Waals surface area contributed by atoms with Crippen molar-refractivity contribution in [3.8, 4) is 5.75 Å². The molecule has 0 unspecified atom stereocenters. The van der Waals surface area contributed by atoms with Gasteiger partial charge in [-0.05, 0) is 37.5 Å². The Hall–Kier alpha value is -2.57. The Bertz CT molecular complexity index is 731. The predicted octanol–water partition coefficient (Wildman–Crippen LogP) is 2.87. The molecule has 1 fully saturated rings. The number of benzene rings is 1. The molecular formula is C23H34N2O5. The molecule has 1 saturated heterocycles. The summed E-state index contributed by atoms with van der Waals surface area (Å²) in [6.45, 7) is 9.46. The van der Waals surface area contributed by atoms with Crippen molar-refractivity contribution in [1.29, 1.82) is 0 Å². The van der Waals surface area contributed by atoms with Crippen LogP contribution in [0.4, 0.5) is 0 Å². The van der Waals surface area contributed by atoms with E-state index in [1.165, 1.54) is 4.90 Å². The molecule has 7 nitrogen and oxygen atoms in total. The second-order valence-electron chi connectivity index (χ2n) is 8.75. The second kappa shape index (κ2) is 10.5. The van der Waals surface area contributed by atoms with Gasteiger partial charge in [0.15, 0.2) is 6.61 Å². The summed E-state index contributed by atoms with van der Waals surface area (Å²) in [4.78, 5) is 40.4. The van der Waals surface area contributed by atoms with Crippen molar-refractivity contribution < 1.29 is 23.9 Å². The van der Waals surface area contributed by atoms with Gasteiger partial charge in [0.1, 0.15) is 5.75 Å². The van der Waals surface area contributed by atoms with Crippen molar-refractivity contribution in [2.75, 3.05) is 33.4 Å². The molecule has 1 aromatic carbocycles. The number of amides is 2. The molecule has 1 heterocycles. The minimum absolute atomic E-state index is 0.0976. The van der Waals surface area contributed by atoms with Gasteiger partial charge in [-0.15, -0.1) is 0 Å². The number of carbonyl (C=O) groups is 3. The third-order valence-electron chi connectivity index (χ3n) is 5.17. The van der Waals surface area contributed by atoms with Gasteiger partial charge in [0, 0.05) is 32.1 Å². The topological polar surface area (TPSA) is 76.2 Å². The normalized spacial score (nSPS) is 14.9. The molecule has 30 heavy (non-hydrogen) atoms. The number of carbonyl (C=O) groups excluding carboxylic acids is 3. The van der Waals surface area contributed by atoms with E-state index in [1.54, 1.807) is 11.9 Å². The summed E-state index contributed by atoms with van der Waals surface area (Å²) >= 11 is 0. The fraction of sp³-hybridized carbons (Fsp3) is 0.609. The van der Waals surface area contributed by atoms with Crippen LogP contribution < -0.4 is 4.74 Å². The van der Waals surface area contributed by atoms with Gasteiger partial charge >= 0.3 is 5.97 Å². The van der Waals surface area contributed by atoms with Gasteiger partial charge in [0.2, 0.25) is 5.91 Å². The molecule has 0 aliphatic carbocycles. The number of ether oxygens (including phenoxy) is 2. The summed E-state index contributed by atoms with van der Waals surface area (Å²) in [6, 6.07) is 7.56. The lowest BCUT2D eigenvalue weighted by molar-refractivity contribution is -0.157. The van der Waals surface area contributed by atoms with Crippen LogP contribution in [0.3, 0.4) is 0 Å². The van der Waals surface area contributed by atoms with E-state index in [-0.39, 0.29) is 30.3 Å². The number of piperidine rings is 1. The Balaban J connectivity index is 1.75. The maximum Gasteiger partial charge on any atom is 0.309 e. The zero-order valence-electron chi connectivity index (χ0n) is 18.8. The summed E-state index contributed by atoms with van der Waals surface area (Å²) < 4.78 is 10.7. The zero-order chi connectivity index (χ0) is 22.3. The van der Waals surface area contributed by atoms with Crippen LogP contribution in [0.5, 0.6) is 5.75 Å². The van der Waals surface area contributed by atoms with Gasteiger partial charge in [0.25, 0.3) is 5.91 Å². The Morgan fingerprint density at radius 2 is 1.70 bits per heavy atom. The second-order valence-corrected chi connectivity index (χ2v) is 8.75. The first-order chi connectivity index (χ1) is 14.1. The van der Waals surface area contributed by atoms with Crippen molar-refractivity contribution in [3.05, 3.63) is 29.8 Å².